The van der Waals surface area contributed by atoms with Crippen molar-refractivity contribution in [2.45, 2.75) is 38.6 Å². The van der Waals surface area contributed by atoms with Gasteiger partial charge in [-0.25, -0.2) is 13.6 Å². The summed E-state index contributed by atoms with van der Waals surface area (Å²) in [4.78, 5) is 23.7. The first-order chi connectivity index (χ1) is 9.82. The molecule has 1 aromatic rings. The monoisotopic (exact) mass is 299 g/mol. The minimum Gasteiger partial charge on any atom is -0.467 e. The Morgan fingerprint density at radius 1 is 1.29 bits per heavy atom. The van der Waals surface area contributed by atoms with Crippen LogP contribution in [0.15, 0.2) is 18.2 Å². The van der Waals surface area contributed by atoms with E-state index in [9.17, 15) is 18.4 Å². The number of rotatable bonds is 6. The summed E-state index contributed by atoms with van der Waals surface area (Å²) in [5, 5.41) is 2.60. The SMILES string of the molecule is CCCC(C)(NC(=O)Cc1ccc(F)c(F)c1)C(=O)OC. The van der Waals surface area contributed by atoms with E-state index in [1.807, 2.05) is 6.92 Å². The molecule has 0 saturated heterocycles. The molecule has 0 spiro atoms. The fraction of sp³-hybridized carbons (Fsp3) is 0.467. The van der Waals surface area contributed by atoms with Gasteiger partial charge in [-0.2, -0.15) is 0 Å². The van der Waals surface area contributed by atoms with Crippen LogP contribution in [0, 0.1) is 11.6 Å². The smallest absolute Gasteiger partial charge is 0.331 e. The van der Waals surface area contributed by atoms with Gasteiger partial charge in [0.2, 0.25) is 5.91 Å². The Labute approximate surface area is 122 Å². The van der Waals surface area contributed by atoms with E-state index in [0.717, 1.165) is 12.1 Å². The highest BCUT2D eigenvalue weighted by molar-refractivity contribution is 5.88. The van der Waals surface area contributed by atoms with Crippen LogP contribution in [0.2, 0.25) is 0 Å². The van der Waals surface area contributed by atoms with Crippen LogP contribution in [0.4, 0.5) is 8.78 Å². The molecule has 0 aliphatic heterocycles. The van der Waals surface area contributed by atoms with Gasteiger partial charge in [0.15, 0.2) is 11.6 Å². The molecule has 0 fully saturated rings. The molecule has 1 rings (SSSR count). The van der Waals surface area contributed by atoms with Crippen LogP contribution < -0.4 is 5.32 Å². The van der Waals surface area contributed by atoms with Crippen LogP contribution in [0.3, 0.4) is 0 Å². The third-order valence-electron chi connectivity index (χ3n) is 3.15. The quantitative estimate of drug-likeness (QED) is 0.820. The standard InChI is InChI=1S/C15H19F2NO3/c1-4-7-15(2,14(20)21-3)18-13(19)9-10-5-6-11(16)12(17)8-10/h5-6,8H,4,7,9H2,1-3H3,(H,18,19). The highest BCUT2D eigenvalue weighted by Crippen LogP contribution is 2.15. The first kappa shape index (κ1) is 17.1. The summed E-state index contributed by atoms with van der Waals surface area (Å²) in [6.07, 6.45) is 0.952. The minimum absolute atomic E-state index is 0.145. The number of hydrogen-bond donors (Lipinski definition) is 1. The average molecular weight is 299 g/mol. The molecule has 0 saturated carbocycles. The number of ether oxygens (including phenoxy) is 1. The van der Waals surface area contributed by atoms with Crippen molar-refractivity contribution in [1.82, 2.24) is 5.32 Å². The molecule has 1 atom stereocenters. The highest BCUT2D eigenvalue weighted by atomic mass is 19.2. The number of carbonyl (C=O) groups excluding carboxylic acids is 2. The van der Waals surface area contributed by atoms with Gasteiger partial charge >= 0.3 is 5.97 Å². The Morgan fingerprint density at radius 3 is 2.48 bits per heavy atom. The van der Waals surface area contributed by atoms with Gasteiger partial charge < -0.3 is 10.1 Å². The number of hydrogen-bond acceptors (Lipinski definition) is 3. The third kappa shape index (κ3) is 4.51. The number of amides is 1. The maximum Gasteiger partial charge on any atom is 0.331 e. The van der Waals surface area contributed by atoms with Gasteiger partial charge in [-0.1, -0.05) is 19.4 Å². The van der Waals surface area contributed by atoms with E-state index in [1.54, 1.807) is 6.92 Å². The van der Waals surface area contributed by atoms with Crippen molar-refractivity contribution in [3.05, 3.63) is 35.4 Å². The number of esters is 1. The molecular weight excluding hydrogens is 280 g/mol. The van der Waals surface area contributed by atoms with Crippen molar-refractivity contribution >= 4 is 11.9 Å². The summed E-state index contributed by atoms with van der Waals surface area (Å²) < 4.78 is 30.6. The predicted octanol–water partition coefficient (Wildman–Crippen LogP) is 2.36. The van der Waals surface area contributed by atoms with Crippen molar-refractivity contribution in [1.29, 1.82) is 0 Å². The highest BCUT2D eigenvalue weighted by Gasteiger charge is 2.34. The predicted molar refractivity (Wildman–Crippen MR) is 73.5 cm³/mol. The lowest BCUT2D eigenvalue weighted by molar-refractivity contribution is -0.150. The number of benzene rings is 1. The van der Waals surface area contributed by atoms with Crippen LogP contribution in [-0.4, -0.2) is 24.5 Å². The molecule has 0 bridgehead atoms. The van der Waals surface area contributed by atoms with Crippen LogP contribution >= 0.6 is 0 Å². The van der Waals surface area contributed by atoms with Gasteiger partial charge in [0.05, 0.1) is 13.5 Å². The van der Waals surface area contributed by atoms with E-state index in [4.69, 9.17) is 4.74 Å². The summed E-state index contributed by atoms with van der Waals surface area (Å²) in [5.74, 6) is -2.97. The lowest BCUT2D eigenvalue weighted by Crippen LogP contribution is -2.53. The molecule has 21 heavy (non-hydrogen) atoms. The Bertz CT molecular complexity index is 534. The fourth-order valence-electron chi connectivity index (χ4n) is 2.13. The molecule has 4 nitrogen and oxygen atoms in total. The molecule has 0 aliphatic rings. The van der Waals surface area contributed by atoms with E-state index in [-0.39, 0.29) is 6.42 Å². The molecule has 1 amide bonds. The second-order valence-corrected chi connectivity index (χ2v) is 5.05. The molecule has 0 aliphatic carbocycles. The van der Waals surface area contributed by atoms with Crippen molar-refractivity contribution in [2.24, 2.45) is 0 Å². The van der Waals surface area contributed by atoms with Gasteiger partial charge in [0.1, 0.15) is 5.54 Å². The average Bonchev–Trinajstić information content (AvgIpc) is 2.42. The lowest BCUT2D eigenvalue weighted by Gasteiger charge is -2.27. The fourth-order valence-corrected chi connectivity index (χ4v) is 2.13. The molecule has 116 valence electrons. The molecular formula is C15H19F2NO3. The molecule has 0 radical (unpaired) electrons. The van der Waals surface area contributed by atoms with Crippen LogP contribution in [0.1, 0.15) is 32.3 Å². The normalized spacial score (nSPS) is 13.4. The van der Waals surface area contributed by atoms with E-state index in [1.165, 1.54) is 13.2 Å². The maximum absolute atomic E-state index is 13.1. The van der Waals surface area contributed by atoms with Gasteiger partial charge in [-0.15, -0.1) is 0 Å². The van der Waals surface area contributed by atoms with Gasteiger partial charge in [0, 0.05) is 0 Å². The van der Waals surface area contributed by atoms with Crippen molar-refractivity contribution in [3.8, 4) is 0 Å². The zero-order valence-corrected chi connectivity index (χ0v) is 12.3. The molecule has 1 N–H and O–H groups in total. The van der Waals surface area contributed by atoms with Crippen molar-refractivity contribution < 1.29 is 23.1 Å². The second-order valence-electron chi connectivity index (χ2n) is 5.05. The Balaban J connectivity index is 2.78. The van der Waals surface area contributed by atoms with Crippen molar-refractivity contribution in [2.75, 3.05) is 7.11 Å². The van der Waals surface area contributed by atoms with Gasteiger partial charge in [-0.3, -0.25) is 4.79 Å². The number of halogens is 2. The zero-order valence-electron chi connectivity index (χ0n) is 12.3. The molecule has 0 heterocycles. The lowest BCUT2D eigenvalue weighted by atomic mass is 9.95. The van der Waals surface area contributed by atoms with Gasteiger partial charge in [-0.05, 0) is 31.0 Å². The molecule has 0 aromatic heterocycles. The summed E-state index contributed by atoms with van der Waals surface area (Å²) in [6.45, 7) is 3.45. The number of carbonyl (C=O) groups is 2. The summed E-state index contributed by atoms with van der Waals surface area (Å²) in [6, 6.07) is 3.25. The number of nitrogens with one attached hydrogen (secondary N) is 1. The van der Waals surface area contributed by atoms with Crippen LogP contribution in [-0.2, 0) is 20.7 Å². The maximum atomic E-state index is 13.1. The molecule has 1 aromatic carbocycles. The largest absolute Gasteiger partial charge is 0.467 e. The first-order valence-electron chi connectivity index (χ1n) is 6.65. The van der Waals surface area contributed by atoms with Gasteiger partial charge in [0.25, 0.3) is 0 Å². The second kappa shape index (κ2) is 7.15. The van der Waals surface area contributed by atoms with E-state index < -0.39 is 29.0 Å². The van der Waals surface area contributed by atoms with Crippen molar-refractivity contribution in [3.63, 3.8) is 0 Å². The molecule has 1 unspecified atom stereocenters. The van der Waals surface area contributed by atoms with Crippen LogP contribution in [0.5, 0.6) is 0 Å². The third-order valence-corrected chi connectivity index (χ3v) is 3.15. The minimum atomic E-state index is -1.13. The van der Waals surface area contributed by atoms with E-state index in [0.29, 0.717) is 18.4 Å². The summed E-state index contributed by atoms with van der Waals surface area (Å²) in [7, 11) is 1.25. The van der Waals surface area contributed by atoms with E-state index in [2.05, 4.69) is 5.32 Å². The zero-order chi connectivity index (χ0) is 16.0. The topological polar surface area (TPSA) is 55.4 Å². The van der Waals surface area contributed by atoms with Crippen LogP contribution in [0.25, 0.3) is 0 Å². The number of methoxy groups -OCH3 is 1. The first-order valence-corrected chi connectivity index (χ1v) is 6.65. The summed E-state index contributed by atoms with van der Waals surface area (Å²) in [5.41, 5.74) is -0.797. The summed E-state index contributed by atoms with van der Waals surface area (Å²) >= 11 is 0. The Hall–Kier alpha value is -1.98. The Morgan fingerprint density at radius 2 is 1.95 bits per heavy atom. The molecule has 6 heteroatoms. The van der Waals surface area contributed by atoms with E-state index >= 15 is 0 Å². The Kier molecular flexibility index (Phi) is 5.81.